The van der Waals surface area contributed by atoms with Crippen molar-refractivity contribution in [2.75, 3.05) is 7.11 Å². The quantitative estimate of drug-likeness (QED) is 0.443. The van der Waals surface area contributed by atoms with E-state index in [0.29, 0.717) is 0 Å². The maximum atomic E-state index is 4.50. The molecule has 0 aliphatic heterocycles. The molecular weight excluding hydrogens is 179 g/mol. The molecule has 30 valence electrons. The lowest BCUT2D eigenvalue weighted by molar-refractivity contribution is 0.339. The lowest BCUT2D eigenvalue weighted by atomic mass is 11.2. The van der Waals surface area contributed by atoms with Gasteiger partial charge in [0.05, 0.1) is 13.4 Å². The van der Waals surface area contributed by atoms with Crippen molar-refractivity contribution in [2.45, 2.75) is 0 Å². The van der Waals surface area contributed by atoms with Crippen molar-refractivity contribution in [1.82, 2.24) is 0 Å². The minimum absolute atomic E-state index is 1.61. The summed E-state index contributed by atoms with van der Waals surface area (Å²) in [5.74, 6) is 0. The van der Waals surface area contributed by atoms with Crippen LogP contribution < -0.4 is 0 Å². The zero-order valence-electron chi connectivity index (χ0n) is 2.94. The van der Waals surface area contributed by atoms with Gasteiger partial charge in [0.2, 0.25) is 0 Å². The fourth-order valence-corrected chi connectivity index (χ4v) is 0.345. The molecule has 5 heavy (non-hydrogen) atoms. The third kappa shape index (κ3) is 4.27. The Hall–Kier alpha value is 0.270. The highest BCUT2D eigenvalue weighted by Gasteiger charge is 1.48. The van der Waals surface area contributed by atoms with Crippen molar-refractivity contribution < 1.29 is 4.74 Å². The summed E-state index contributed by atoms with van der Waals surface area (Å²) >= 11 is 2.08. The molecule has 0 aliphatic rings. The molecule has 0 fully saturated rings. The summed E-state index contributed by atoms with van der Waals surface area (Å²) in [5, 5.41) is 0. The molecule has 0 aliphatic carbocycles. The summed E-state index contributed by atoms with van der Waals surface area (Å²) in [6.45, 7) is 0. The molecule has 1 nitrogen and oxygen atoms in total. The van der Waals surface area contributed by atoms with Crippen molar-refractivity contribution in [3.63, 3.8) is 0 Å². The molecule has 2 heteroatoms. The first-order chi connectivity index (χ1) is 2.41. The second-order valence-corrected chi connectivity index (χ2v) is 1.22. The Morgan fingerprint density at radius 1 is 1.80 bits per heavy atom. The molecule has 0 spiro atoms. The van der Waals surface area contributed by atoms with Gasteiger partial charge in [-0.15, -0.1) is 0 Å². The average Bonchev–Trinajstić information content (AvgIpc) is 1.41. The topological polar surface area (TPSA) is 9.23 Å². The van der Waals surface area contributed by atoms with E-state index in [4.69, 9.17) is 0 Å². The summed E-state index contributed by atoms with van der Waals surface area (Å²) in [5.41, 5.74) is 0. The molecule has 0 aromatic heterocycles. The van der Waals surface area contributed by atoms with Gasteiger partial charge in [0, 0.05) is 4.08 Å². The van der Waals surface area contributed by atoms with E-state index in [0.717, 1.165) is 0 Å². The van der Waals surface area contributed by atoms with Crippen LogP contribution in [0.25, 0.3) is 0 Å². The lowest BCUT2D eigenvalue weighted by Crippen LogP contribution is -1.56. The first kappa shape index (κ1) is 5.27. The van der Waals surface area contributed by atoms with Gasteiger partial charge in [-0.2, -0.15) is 0 Å². The SMILES string of the molecule is CO/C=C/I. The lowest BCUT2D eigenvalue weighted by Gasteiger charge is -1.75. The maximum Gasteiger partial charge on any atom is 0.0885 e. The molecule has 0 radical (unpaired) electrons. The molecule has 0 unspecified atom stereocenters. The Morgan fingerprint density at radius 3 is 2.40 bits per heavy atom. The smallest absolute Gasteiger partial charge is 0.0885 e. The normalized spacial score (nSPS) is 9.20. The van der Waals surface area contributed by atoms with Crippen LogP contribution >= 0.6 is 22.6 Å². The second-order valence-electron chi connectivity index (χ2n) is 0.498. The molecule has 0 aromatic carbocycles. The fraction of sp³-hybridized carbons (Fsp3) is 0.333. The third-order valence-corrected chi connectivity index (χ3v) is 0.481. The van der Waals surface area contributed by atoms with Crippen LogP contribution in [0.2, 0.25) is 0 Å². The van der Waals surface area contributed by atoms with Gasteiger partial charge >= 0.3 is 0 Å². The predicted molar refractivity (Wildman–Crippen MR) is 30.2 cm³/mol. The average molecular weight is 184 g/mol. The number of hydrogen-bond acceptors (Lipinski definition) is 1. The molecule has 0 rings (SSSR count). The van der Waals surface area contributed by atoms with Crippen LogP contribution in [0.3, 0.4) is 0 Å². The first-order valence-electron chi connectivity index (χ1n) is 1.20. The fourth-order valence-electron chi connectivity index (χ4n) is 0.0514. The van der Waals surface area contributed by atoms with E-state index >= 15 is 0 Å². The molecular formula is C3H5IO. The van der Waals surface area contributed by atoms with Gasteiger partial charge < -0.3 is 4.74 Å². The minimum atomic E-state index is 1.61. The minimum Gasteiger partial charge on any atom is -0.504 e. The van der Waals surface area contributed by atoms with Crippen LogP contribution in [0.5, 0.6) is 0 Å². The van der Waals surface area contributed by atoms with E-state index in [1.165, 1.54) is 0 Å². The maximum absolute atomic E-state index is 4.50. The Labute approximate surface area is 45.2 Å². The summed E-state index contributed by atoms with van der Waals surface area (Å²) in [6.07, 6.45) is 1.61. The Balaban J connectivity index is 2.62. The number of halogens is 1. The van der Waals surface area contributed by atoms with Gasteiger partial charge in [0.25, 0.3) is 0 Å². The number of rotatable bonds is 1. The Kier molecular flexibility index (Phi) is 4.50. The van der Waals surface area contributed by atoms with Gasteiger partial charge in [-0.3, -0.25) is 0 Å². The van der Waals surface area contributed by atoms with Crippen LogP contribution in [0.4, 0.5) is 0 Å². The van der Waals surface area contributed by atoms with Gasteiger partial charge in [-0.05, 0) is 22.6 Å². The highest BCUT2D eigenvalue weighted by Crippen LogP contribution is 1.80. The van der Waals surface area contributed by atoms with Crippen molar-refractivity contribution in [3.05, 3.63) is 10.3 Å². The van der Waals surface area contributed by atoms with Crippen LogP contribution in [0.15, 0.2) is 10.3 Å². The molecule has 0 N–H and O–H groups in total. The largest absolute Gasteiger partial charge is 0.504 e. The Morgan fingerprint density at radius 2 is 2.40 bits per heavy atom. The van der Waals surface area contributed by atoms with E-state index in [1.54, 1.807) is 17.5 Å². The second kappa shape index (κ2) is 4.27. The predicted octanol–water partition coefficient (Wildman–Crippen LogP) is 1.54. The van der Waals surface area contributed by atoms with Crippen LogP contribution in [0, 0.1) is 0 Å². The van der Waals surface area contributed by atoms with Crippen LogP contribution in [0.1, 0.15) is 0 Å². The van der Waals surface area contributed by atoms with E-state index in [9.17, 15) is 0 Å². The molecule has 0 bridgehead atoms. The summed E-state index contributed by atoms with van der Waals surface area (Å²) in [7, 11) is 1.62. The highest BCUT2D eigenvalue weighted by molar-refractivity contribution is 14.1. The summed E-state index contributed by atoms with van der Waals surface area (Å²) in [4.78, 5) is 0. The Bertz CT molecular complexity index is 33.9. The molecule has 0 atom stereocenters. The highest BCUT2D eigenvalue weighted by atomic mass is 127. The summed E-state index contributed by atoms with van der Waals surface area (Å²) < 4.78 is 6.31. The number of methoxy groups -OCH3 is 1. The van der Waals surface area contributed by atoms with Gasteiger partial charge in [-0.1, -0.05) is 0 Å². The molecule has 0 amide bonds. The molecule has 0 saturated heterocycles. The monoisotopic (exact) mass is 184 g/mol. The van der Waals surface area contributed by atoms with E-state index in [2.05, 4.69) is 27.3 Å². The van der Waals surface area contributed by atoms with Gasteiger partial charge in [0.15, 0.2) is 0 Å². The van der Waals surface area contributed by atoms with Crippen LogP contribution in [-0.2, 0) is 4.74 Å². The van der Waals surface area contributed by atoms with Crippen LogP contribution in [-0.4, -0.2) is 7.11 Å². The van der Waals surface area contributed by atoms with Gasteiger partial charge in [-0.25, -0.2) is 0 Å². The third-order valence-electron chi connectivity index (χ3n) is 0.188. The van der Waals surface area contributed by atoms with Crippen molar-refractivity contribution in [1.29, 1.82) is 0 Å². The van der Waals surface area contributed by atoms with Crippen molar-refractivity contribution >= 4 is 22.6 Å². The standard InChI is InChI=1S/C3H5IO/c1-5-3-2-4/h2-3H,1H3/b3-2+. The zero-order chi connectivity index (χ0) is 4.12. The van der Waals surface area contributed by atoms with E-state index < -0.39 is 0 Å². The first-order valence-corrected chi connectivity index (χ1v) is 2.44. The van der Waals surface area contributed by atoms with E-state index in [-0.39, 0.29) is 0 Å². The number of ether oxygens (including phenoxy) is 1. The van der Waals surface area contributed by atoms with Gasteiger partial charge in [0.1, 0.15) is 0 Å². The molecule has 0 saturated carbocycles. The summed E-state index contributed by atoms with van der Waals surface area (Å²) in [6, 6.07) is 0. The van der Waals surface area contributed by atoms with Crippen molar-refractivity contribution in [2.24, 2.45) is 0 Å². The molecule has 0 heterocycles. The number of hydrogen-bond donors (Lipinski definition) is 0. The molecule has 0 aromatic rings. The zero-order valence-corrected chi connectivity index (χ0v) is 5.10. The van der Waals surface area contributed by atoms with Crippen molar-refractivity contribution in [3.8, 4) is 0 Å². The van der Waals surface area contributed by atoms with E-state index in [1.807, 2.05) is 0 Å².